The van der Waals surface area contributed by atoms with Crippen LogP contribution in [0.5, 0.6) is 0 Å². The molecule has 0 heterocycles. The maximum absolute atomic E-state index is 2.42. The van der Waals surface area contributed by atoms with E-state index in [1.807, 2.05) is 0 Å². The van der Waals surface area contributed by atoms with Crippen LogP contribution in [0, 0.1) is 0 Å². The van der Waals surface area contributed by atoms with Crippen LogP contribution in [0.15, 0.2) is 23.3 Å². The van der Waals surface area contributed by atoms with Crippen molar-refractivity contribution in [1.29, 1.82) is 0 Å². The summed E-state index contributed by atoms with van der Waals surface area (Å²) in [5.41, 5.74) is 3.89. The Kier molecular flexibility index (Phi) is 4.12. The molecule has 0 nitrogen and oxygen atoms in total. The first-order valence-electron chi connectivity index (χ1n) is 3.98. The minimum atomic E-state index is -0.464. The van der Waals surface area contributed by atoms with E-state index >= 15 is 0 Å². The summed E-state index contributed by atoms with van der Waals surface area (Å²) >= 11 is 0. The highest BCUT2D eigenvalue weighted by Crippen LogP contribution is 2.30. The molecule has 0 fully saturated rings. The normalized spacial score (nSPS) is 22.8. The zero-order valence-corrected chi connectivity index (χ0v) is 9.69. The van der Waals surface area contributed by atoms with Crippen LogP contribution in [-0.4, -0.2) is 8.80 Å². The van der Waals surface area contributed by atoms with E-state index in [1.165, 1.54) is 5.57 Å². The first-order chi connectivity index (χ1) is 4.61. The Labute approximate surface area is 77.4 Å². The maximum atomic E-state index is 2.42. The predicted molar refractivity (Wildman–Crippen MR) is 57.4 cm³/mol. The van der Waals surface area contributed by atoms with Gasteiger partial charge in [-0.05, 0) is 19.4 Å². The summed E-state index contributed by atoms with van der Waals surface area (Å²) in [6.07, 6.45) is 4.74. The van der Waals surface area contributed by atoms with Crippen molar-refractivity contribution in [3.63, 3.8) is 0 Å². The molecule has 1 rings (SSSR count). The van der Waals surface area contributed by atoms with Crippen LogP contribution in [0.1, 0.15) is 13.8 Å². The van der Waals surface area contributed by atoms with E-state index in [4.69, 9.17) is 0 Å². The molecule has 0 N–H and O–H groups in total. The van der Waals surface area contributed by atoms with E-state index in [0.29, 0.717) is 0 Å². The third-order valence-corrected chi connectivity index (χ3v) is 4.30. The molecule has 0 amide bonds. The molecule has 64 valence electrons. The molecule has 0 aromatic rings. The summed E-state index contributed by atoms with van der Waals surface area (Å²) < 4.78 is 0. The summed E-state index contributed by atoms with van der Waals surface area (Å²) in [6.45, 7) is 9.28. The van der Waals surface area contributed by atoms with Crippen molar-refractivity contribution in [2.45, 2.75) is 32.5 Å². The summed E-state index contributed by atoms with van der Waals surface area (Å²) in [7, 11) is -0.464. The second kappa shape index (κ2) is 4.12. The van der Waals surface area contributed by atoms with Gasteiger partial charge in [-0.2, -0.15) is 0 Å². The molecular weight excluding hydrogens is 172 g/mol. The number of hydrogen-bond donors (Lipinski definition) is 0. The molecule has 2 heteroatoms. The smallest absolute Gasteiger partial charge is 0.0431 e. The minimum Gasteiger partial charge on any atom is -0.147 e. The lowest BCUT2D eigenvalue weighted by Gasteiger charge is -2.11. The molecule has 1 aliphatic rings. The molecule has 1 aliphatic carbocycles. The van der Waals surface area contributed by atoms with Crippen molar-refractivity contribution in [3.8, 4) is 0 Å². The van der Waals surface area contributed by atoms with E-state index < -0.39 is 8.80 Å². The number of rotatable bonds is 1. The van der Waals surface area contributed by atoms with Gasteiger partial charge < -0.3 is 0 Å². The van der Waals surface area contributed by atoms with Crippen LogP contribution in [0.2, 0.25) is 18.6 Å². The third kappa shape index (κ3) is 2.49. The van der Waals surface area contributed by atoms with Gasteiger partial charge in [-0.25, -0.2) is 0 Å². The molecule has 0 aliphatic heterocycles. The average Bonchev–Trinajstić information content (AvgIpc) is 2.10. The number of hydrogen-bond acceptors (Lipinski definition) is 0. The standard InChI is InChI=1S/C9H16Si.ClH/c1-7-5-8(2)9(6-7)10(3)4;/h5-6,9-10H,1-4H3;1H. The van der Waals surface area contributed by atoms with Gasteiger partial charge >= 0.3 is 0 Å². The Bertz CT molecular complexity index is 192. The quantitative estimate of drug-likeness (QED) is 0.555. The molecule has 0 spiro atoms. The van der Waals surface area contributed by atoms with Gasteiger partial charge in [-0.3, -0.25) is 0 Å². The lowest BCUT2D eigenvalue weighted by molar-refractivity contribution is 1.20. The molecule has 0 aromatic carbocycles. The third-order valence-electron chi connectivity index (χ3n) is 2.14. The van der Waals surface area contributed by atoms with Gasteiger partial charge in [0.15, 0.2) is 0 Å². The highest BCUT2D eigenvalue weighted by Gasteiger charge is 2.17. The van der Waals surface area contributed by atoms with Crippen LogP contribution in [0.25, 0.3) is 0 Å². The summed E-state index contributed by atoms with van der Waals surface area (Å²) in [6, 6.07) is 0. The Balaban J connectivity index is 0.000001000. The Morgan fingerprint density at radius 3 is 2.00 bits per heavy atom. The summed E-state index contributed by atoms with van der Waals surface area (Å²) in [5.74, 6) is 0. The summed E-state index contributed by atoms with van der Waals surface area (Å²) in [4.78, 5) is 0. The van der Waals surface area contributed by atoms with Gasteiger partial charge in [0.05, 0.1) is 0 Å². The van der Waals surface area contributed by atoms with E-state index in [1.54, 1.807) is 5.57 Å². The average molecular weight is 189 g/mol. The van der Waals surface area contributed by atoms with Gasteiger partial charge in [-0.15, -0.1) is 12.4 Å². The van der Waals surface area contributed by atoms with Crippen LogP contribution >= 0.6 is 12.4 Å². The van der Waals surface area contributed by atoms with Crippen molar-refractivity contribution in [1.82, 2.24) is 0 Å². The van der Waals surface area contributed by atoms with E-state index in [9.17, 15) is 0 Å². The second-order valence-electron chi connectivity index (χ2n) is 3.57. The Hall–Kier alpha value is -0.0131. The molecular formula is C9H17ClSi. The number of allylic oxidation sites excluding steroid dienone is 4. The van der Waals surface area contributed by atoms with E-state index in [0.717, 1.165) is 5.54 Å². The lowest BCUT2D eigenvalue weighted by atomic mass is 10.3. The maximum Gasteiger partial charge on any atom is 0.0431 e. The van der Waals surface area contributed by atoms with E-state index in [2.05, 4.69) is 39.1 Å². The minimum absolute atomic E-state index is 0. The van der Waals surface area contributed by atoms with Crippen molar-refractivity contribution in [2.24, 2.45) is 0 Å². The zero-order chi connectivity index (χ0) is 7.72. The van der Waals surface area contributed by atoms with Crippen molar-refractivity contribution >= 4 is 21.2 Å². The molecule has 1 atom stereocenters. The van der Waals surface area contributed by atoms with Crippen LogP contribution in [0.3, 0.4) is 0 Å². The zero-order valence-electron chi connectivity index (χ0n) is 7.72. The fourth-order valence-electron chi connectivity index (χ4n) is 1.64. The lowest BCUT2D eigenvalue weighted by Crippen LogP contribution is -2.08. The van der Waals surface area contributed by atoms with Crippen LogP contribution < -0.4 is 0 Å². The van der Waals surface area contributed by atoms with Crippen molar-refractivity contribution in [3.05, 3.63) is 23.3 Å². The van der Waals surface area contributed by atoms with Crippen molar-refractivity contribution < 1.29 is 0 Å². The molecule has 0 radical (unpaired) electrons. The Morgan fingerprint density at radius 2 is 1.82 bits per heavy atom. The highest BCUT2D eigenvalue weighted by atomic mass is 35.5. The first kappa shape index (κ1) is 11.0. The fourth-order valence-corrected chi connectivity index (χ4v) is 3.47. The molecule has 11 heavy (non-hydrogen) atoms. The van der Waals surface area contributed by atoms with Gasteiger partial charge in [0.25, 0.3) is 0 Å². The highest BCUT2D eigenvalue weighted by molar-refractivity contribution is 6.59. The molecule has 0 saturated carbocycles. The fraction of sp³-hybridized carbons (Fsp3) is 0.556. The topological polar surface area (TPSA) is 0 Å². The first-order valence-corrected chi connectivity index (χ1v) is 6.95. The monoisotopic (exact) mass is 188 g/mol. The molecule has 1 unspecified atom stereocenters. The van der Waals surface area contributed by atoms with Crippen LogP contribution in [-0.2, 0) is 0 Å². The van der Waals surface area contributed by atoms with Gasteiger partial charge in [-0.1, -0.05) is 36.4 Å². The SMILES string of the molecule is CC1=CC([SiH](C)C)C(C)=C1.Cl. The largest absolute Gasteiger partial charge is 0.147 e. The Morgan fingerprint density at radius 1 is 1.27 bits per heavy atom. The number of halogens is 1. The summed E-state index contributed by atoms with van der Waals surface area (Å²) in [5, 5.41) is 0. The predicted octanol–water partition coefficient (Wildman–Crippen LogP) is 3.17. The van der Waals surface area contributed by atoms with Gasteiger partial charge in [0.1, 0.15) is 0 Å². The molecule has 0 aromatic heterocycles. The molecule has 0 saturated heterocycles. The van der Waals surface area contributed by atoms with Gasteiger partial charge in [0.2, 0.25) is 0 Å². The van der Waals surface area contributed by atoms with Crippen LogP contribution in [0.4, 0.5) is 0 Å². The van der Waals surface area contributed by atoms with Crippen molar-refractivity contribution in [2.75, 3.05) is 0 Å². The molecule has 0 bridgehead atoms. The second-order valence-corrected chi connectivity index (χ2v) is 6.78. The van der Waals surface area contributed by atoms with Gasteiger partial charge in [0, 0.05) is 8.80 Å². The van der Waals surface area contributed by atoms with E-state index in [-0.39, 0.29) is 12.4 Å².